The van der Waals surface area contributed by atoms with Crippen LogP contribution in [0.15, 0.2) is 24.4 Å². The second kappa shape index (κ2) is 4.54. The van der Waals surface area contributed by atoms with Gasteiger partial charge in [-0.2, -0.15) is 5.10 Å². The van der Waals surface area contributed by atoms with Crippen molar-refractivity contribution in [3.63, 3.8) is 0 Å². The predicted octanol–water partition coefficient (Wildman–Crippen LogP) is 3.48. The number of nitrogens with zero attached hydrogens (tertiary/aromatic N) is 2. The fourth-order valence-corrected chi connectivity index (χ4v) is 2.75. The summed E-state index contributed by atoms with van der Waals surface area (Å²) >= 11 is 0. The van der Waals surface area contributed by atoms with Gasteiger partial charge in [0.25, 0.3) is 0 Å². The number of hydrogen-bond donors (Lipinski definition) is 1. The van der Waals surface area contributed by atoms with Crippen molar-refractivity contribution in [2.45, 2.75) is 37.6 Å². The summed E-state index contributed by atoms with van der Waals surface area (Å²) in [7, 11) is 0. The van der Waals surface area contributed by atoms with Gasteiger partial charge in [-0.25, -0.2) is 13.6 Å². The van der Waals surface area contributed by atoms with E-state index in [2.05, 4.69) is 5.10 Å². The van der Waals surface area contributed by atoms with Crippen LogP contribution in [0.3, 0.4) is 0 Å². The van der Waals surface area contributed by atoms with E-state index in [0.29, 0.717) is 12.8 Å². The number of carboxylic acid groups (broad SMARTS) is 1. The summed E-state index contributed by atoms with van der Waals surface area (Å²) in [6, 6.07) is 4.72. The van der Waals surface area contributed by atoms with Crippen molar-refractivity contribution >= 4 is 16.9 Å². The molecule has 1 fully saturated rings. The number of carboxylic acids is 1. The normalized spacial score (nSPS) is 19.3. The maximum Gasteiger partial charge on any atom is 0.335 e. The first-order chi connectivity index (χ1) is 9.46. The van der Waals surface area contributed by atoms with Crippen LogP contribution < -0.4 is 0 Å². The van der Waals surface area contributed by atoms with Gasteiger partial charge in [0.15, 0.2) is 0 Å². The first-order valence-corrected chi connectivity index (χ1v) is 6.55. The van der Waals surface area contributed by atoms with E-state index in [4.69, 9.17) is 5.11 Å². The molecule has 0 amide bonds. The van der Waals surface area contributed by atoms with Crippen molar-refractivity contribution in [3.05, 3.63) is 30.0 Å². The molecule has 0 spiro atoms. The van der Waals surface area contributed by atoms with Crippen LogP contribution in [0.1, 0.15) is 42.1 Å². The van der Waals surface area contributed by atoms with Gasteiger partial charge in [0.05, 0.1) is 23.3 Å². The molecule has 1 aromatic carbocycles. The third-order valence-corrected chi connectivity index (χ3v) is 3.88. The molecule has 6 heteroatoms. The van der Waals surface area contributed by atoms with Gasteiger partial charge in [0.2, 0.25) is 5.92 Å². The molecule has 20 heavy (non-hydrogen) atoms. The highest BCUT2D eigenvalue weighted by atomic mass is 19.3. The Balaban J connectivity index is 1.91. The molecule has 0 bridgehead atoms. The highest BCUT2D eigenvalue weighted by molar-refractivity contribution is 5.93. The fraction of sp³-hybridized carbons (Fsp3) is 0.429. The van der Waals surface area contributed by atoms with Gasteiger partial charge in [-0.1, -0.05) is 0 Å². The molecule has 0 atom stereocenters. The van der Waals surface area contributed by atoms with E-state index in [1.165, 1.54) is 6.07 Å². The van der Waals surface area contributed by atoms with Crippen molar-refractivity contribution < 1.29 is 18.7 Å². The lowest BCUT2D eigenvalue weighted by Gasteiger charge is -2.28. The van der Waals surface area contributed by atoms with Crippen LogP contribution >= 0.6 is 0 Å². The quantitative estimate of drug-likeness (QED) is 0.916. The molecule has 1 heterocycles. The van der Waals surface area contributed by atoms with Gasteiger partial charge >= 0.3 is 5.97 Å². The van der Waals surface area contributed by atoms with E-state index in [0.717, 1.165) is 10.9 Å². The Kier molecular flexibility index (Phi) is 2.96. The van der Waals surface area contributed by atoms with Crippen LogP contribution in [0.5, 0.6) is 0 Å². The third-order valence-electron chi connectivity index (χ3n) is 3.88. The standard InChI is InChI=1S/C14H14F2N2O2/c15-14(16)5-3-11(4-6-14)18-12-2-1-9(13(19)20)7-10(12)8-17-18/h1-2,7-8,11H,3-6H2,(H,19,20). The Morgan fingerprint density at radius 3 is 2.70 bits per heavy atom. The molecule has 4 nitrogen and oxygen atoms in total. The molecule has 0 aliphatic heterocycles. The smallest absolute Gasteiger partial charge is 0.335 e. The zero-order valence-electron chi connectivity index (χ0n) is 10.7. The Labute approximate surface area is 114 Å². The van der Waals surface area contributed by atoms with E-state index < -0.39 is 11.9 Å². The van der Waals surface area contributed by atoms with E-state index >= 15 is 0 Å². The molecule has 0 radical (unpaired) electrons. The highest BCUT2D eigenvalue weighted by Gasteiger charge is 2.36. The number of alkyl halides is 2. The number of hydrogen-bond acceptors (Lipinski definition) is 2. The third kappa shape index (κ3) is 2.26. The van der Waals surface area contributed by atoms with E-state index in [9.17, 15) is 13.6 Å². The number of rotatable bonds is 2. The van der Waals surface area contributed by atoms with Crippen molar-refractivity contribution in [1.82, 2.24) is 9.78 Å². The molecule has 1 N–H and O–H groups in total. The Hall–Kier alpha value is -1.98. The minimum absolute atomic E-state index is 0.0391. The average Bonchev–Trinajstić information content (AvgIpc) is 2.81. The molecular formula is C14H14F2N2O2. The molecule has 1 aromatic heterocycles. The van der Waals surface area contributed by atoms with Gasteiger partial charge in [-0.05, 0) is 31.0 Å². The largest absolute Gasteiger partial charge is 0.478 e. The fourth-order valence-electron chi connectivity index (χ4n) is 2.75. The second-order valence-corrected chi connectivity index (χ2v) is 5.26. The zero-order valence-corrected chi connectivity index (χ0v) is 10.7. The highest BCUT2D eigenvalue weighted by Crippen LogP contribution is 2.39. The van der Waals surface area contributed by atoms with Crippen LogP contribution in [0, 0.1) is 0 Å². The van der Waals surface area contributed by atoms with Crippen LogP contribution in [-0.4, -0.2) is 26.8 Å². The summed E-state index contributed by atoms with van der Waals surface area (Å²) in [6.45, 7) is 0. The van der Waals surface area contributed by atoms with Crippen molar-refractivity contribution in [2.75, 3.05) is 0 Å². The van der Waals surface area contributed by atoms with Crippen LogP contribution in [-0.2, 0) is 0 Å². The van der Waals surface area contributed by atoms with Crippen molar-refractivity contribution in [2.24, 2.45) is 0 Å². The number of halogens is 2. The Morgan fingerprint density at radius 2 is 2.05 bits per heavy atom. The molecule has 1 aliphatic carbocycles. The SMILES string of the molecule is O=C(O)c1ccc2c(cnn2C2CCC(F)(F)CC2)c1. The van der Waals surface area contributed by atoms with Gasteiger partial charge in [0, 0.05) is 18.2 Å². The predicted molar refractivity (Wildman–Crippen MR) is 69.1 cm³/mol. The summed E-state index contributed by atoms with van der Waals surface area (Å²) in [5, 5.41) is 13.9. The molecule has 0 saturated heterocycles. The summed E-state index contributed by atoms with van der Waals surface area (Å²) in [5.74, 6) is -3.55. The maximum absolute atomic E-state index is 13.2. The molecule has 3 rings (SSSR count). The summed E-state index contributed by atoms with van der Waals surface area (Å²) in [5.41, 5.74) is 0.998. The van der Waals surface area contributed by atoms with E-state index in [-0.39, 0.29) is 24.4 Å². The monoisotopic (exact) mass is 280 g/mol. The second-order valence-electron chi connectivity index (χ2n) is 5.26. The van der Waals surface area contributed by atoms with Crippen LogP contribution in [0.25, 0.3) is 10.9 Å². The topological polar surface area (TPSA) is 55.1 Å². The molecular weight excluding hydrogens is 266 g/mol. The Morgan fingerprint density at radius 1 is 1.35 bits per heavy atom. The van der Waals surface area contributed by atoms with Gasteiger partial charge in [-0.15, -0.1) is 0 Å². The average molecular weight is 280 g/mol. The minimum Gasteiger partial charge on any atom is -0.478 e. The lowest BCUT2D eigenvalue weighted by atomic mass is 9.92. The molecule has 106 valence electrons. The number of benzene rings is 1. The number of aromatic nitrogens is 2. The summed E-state index contributed by atoms with van der Waals surface area (Å²) in [4.78, 5) is 10.9. The lowest BCUT2D eigenvalue weighted by Crippen LogP contribution is -2.26. The first kappa shape index (κ1) is 13.0. The van der Waals surface area contributed by atoms with Gasteiger partial charge in [0.1, 0.15) is 0 Å². The number of fused-ring (bicyclic) bond motifs is 1. The number of aromatic carboxylic acids is 1. The first-order valence-electron chi connectivity index (χ1n) is 6.55. The lowest BCUT2D eigenvalue weighted by molar-refractivity contribution is -0.0446. The molecule has 2 aromatic rings. The van der Waals surface area contributed by atoms with Crippen LogP contribution in [0.4, 0.5) is 8.78 Å². The summed E-state index contributed by atoms with van der Waals surface area (Å²) in [6.07, 6.45) is 2.14. The van der Waals surface area contributed by atoms with Gasteiger partial charge in [-0.3, -0.25) is 4.68 Å². The summed E-state index contributed by atoms with van der Waals surface area (Å²) < 4.78 is 28.1. The molecule has 1 aliphatic rings. The Bertz CT molecular complexity index is 656. The maximum atomic E-state index is 13.2. The van der Waals surface area contributed by atoms with E-state index in [1.807, 2.05) is 0 Å². The van der Waals surface area contributed by atoms with Crippen molar-refractivity contribution in [3.8, 4) is 0 Å². The van der Waals surface area contributed by atoms with Gasteiger partial charge < -0.3 is 5.11 Å². The van der Waals surface area contributed by atoms with Crippen LogP contribution in [0.2, 0.25) is 0 Å². The molecule has 1 saturated carbocycles. The minimum atomic E-state index is -2.56. The number of carbonyl (C=O) groups is 1. The molecule has 0 unspecified atom stereocenters. The zero-order chi connectivity index (χ0) is 14.3. The van der Waals surface area contributed by atoms with Crippen molar-refractivity contribution in [1.29, 1.82) is 0 Å². The van der Waals surface area contributed by atoms with E-state index in [1.54, 1.807) is 23.0 Å².